The molecule has 0 N–H and O–H groups in total. The van der Waals surface area contributed by atoms with Crippen molar-refractivity contribution >= 4 is 5.70 Å². The minimum atomic E-state index is -4.26. The summed E-state index contributed by atoms with van der Waals surface area (Å²) in [5.74, 6) is 0.640. The molecule has 1 aliphatic heterocycles. The number of hydrogen-bond acceptors (Lipinski definition) is 1. The first-order chi connectivity index (χ1) is 8.75. The monoisotopic (exact) mass is 272 g/mol. The molecule has 0 amide bonds. The summed E-state index contributed by atoms with van der Waals surface area (Å²) >= 11 is 0. The first-order valence-corrected chi connectivity index (χ1v) is 6.04. The molecule has 2 nitrogen and oxygen atoms in total. The van der Waals surface area contributed by atoms with E-state index in [2.05, 4.69) is 0 Å². The molecule has 104 valence electrons. The number of rotatable bonds is 2. The van der Waals surface area contributed by atoms with Crippen LogP contribution >= 0.6 is 0 Å². The number of methoxy groups -OCH3 is 1. The molecule has 0 fully saturated rings. The van der Waals surface area contributed by atoms with Crippen LogP contribution in [0.2, 0.25) is 0 Å². The van der Waals surface area contributed by atoms with Gasteiger partial charge >= 0.3 is 6.18 Å². The summed E-state index contributed by atoms with van der Waals surface area (Å²) in [4.78, 5) is 0. The molecule has 0 aromatic heterocycles. The molecule has 0 unspecified atom stereocenters. The molecule has 0 atom stereocenters. The zero-order chi connectivity index (χ0) is 14.3. The lowest BCUT2D eigenvalue weighted by atomic mass is 10.1. The highest BCUT2D eigenvalue weighted by atomic mass is 19.4. The Balaban J connectivity index is 2.53. The molecule has 2 rings (SSSR count). The highest BCUT2D eigenvalue weighted by Crippen LogP contribution is 2.43. The van der Waals surface area contributed by atoms with E-state index >= 15 is 0 Å². The third kappa shape index (κ3) is 2.61. The Morgan fingerprint density at radius 3 is 2.16 bits per heavy atom. The van der Waals surface area contributed by atoms with Crippen molar-refractivity contribution in [1.82, 2.24) is 0 Å². The predicted octanol–water partition coefficient (Wildman–Crippen LogP) is 3.45. The maximum Gasteiger partial charge on any atom is 0.418 e. The highest BCUT2D eigenvalue weighted by molar-refractivity contribution is 5.66. The summed E-state index contributed by atoms with van der Waals surface area (Å²) in [6, 6.07) is 6.75. The van der Waals surface area contributed by atoms with Crippen molar-refractivity contribution in [3.05, 3.63) is 35.4 Å². The molecule has 1 aromatic carbocycles. The highest BCUT2D eigenvalue weighted by Gasteiger charge is 2.47. The van der Waals surface area contributed by atoms with Crippen molar-refractivity contribution in [2.24, 2.45) is 0 Å². The maximum absolute atomic E-state index is 13.1. The van der Waals surface area contributed by atoms with Gasteiger partial charge in [-0.05, 0) is 24.3 Å². The van der Waals surface area contributed by atoms with E-state index < -0.39 is 11.7 Å². The van der Waals surface area contributed by atoms with Crippen LogP contribution in [0.1, 0.15) is 12.0 Å². The average molecular weight is 272 g/mol. The minimum absolute atomic E-state index is 0.0673. The third-order valence-electron chi connectivity index (χ3n) is 3.52. The van der Waals surface area contributed by atoms with Crippen molar-refractivity contribution in [2.75, 3.05) is 27.7 Å². The van der Waals surface area contributed by atoms with Gasteiger partial charge in [-0.15, -0.1) is 0 Å². The molecule has 0 radical (unpaired) electrons. The minimum Gasteiger partial charge on any atom is -0.497 e. The molecular weight excluding hydrogens is 255 g/mol. The number of hydrogen-bond donors (Lipinski definition) is 0. The van der Waals surface area contributed by atoms with E-state index in [1.807, 2.05) is 0 Å². The number of halogens is 3. The van der Waals surface area contributed by atoms with Gasteiger partial charge in [0.15, 0.2) is 0 Å². The molecule has 0 saturated carbocycles. The van der Waals surface area contributed by atoms with Crippen molar-refractivity contribution in [2.45, 2.75) is 12.6 Å². The molecule has 0 spiro atoms. The van der Waals surface area contributed by atoms with Gasteiger partial charge in [0.2, 0.25) is 0 Å². The van der Waals surface area contributed by atoms with Gasteiger partial charge in [0.25, 0.3) is 0 Å². The third-order valence-corrected chi connectivity index (χ3v) is 3.52. The van der Waals surface area contributed by atoms with Crippen LogP contribution in [-0.4, -0.2) is 38.4 Å². The summed E-state index contributed by atoms with van der Waals surface area (Å²) in [6.45, 7) is 0.468. The van der Waals surface area contributed by atoms with Gasteiger partial charge in [0, 0.05) is 12.0 Å². The summed E-state index contributed by atoms with van der Waals surface area (Å²) in [5, 5.41) is 0. The average Bonchev–Trinajstić information content (AvgIpc) is 2.65. The number of benzene rings is 1. The summed E-state index contributed by atoms with van der Waals surface area (Å²) in [7, 11) is 5.14. The van der Waals surface area contributed by atoms with E-state index in [0.717, 1.165) is 0 Å². The summed E-state index contributed by atoms with van der Waals surface area (Å²) in [6.07, 6.45) is -4.20. The van der Waals surface area contributed by atoms with E-state index in [4.69, 9.17) is 4.74 Å². The summed E-state index contributed by atoms with van der Waals surface area (Å²) < 4.78 is 44.6. The molecule has 0 saturated heterocycles. The van der Waals surface area contributed by atoms with Gasteiger partial charge in [-0.1, -0.05) is 0 Å². The number of quaternary nitrogens is 1. The second kappa shape index (κ2) is 4.56. The van der Waals surface area contributed by atoms with Crippen LogP contribution < -0.4 is 4.74 Å². The van der Waals surface area contributed by atoms with Crippen LogP contribution in [0.25, 0.3) is 5.70 Å². The summed E-state index contributed by atoms with van der Waals surface area (Å²) in [5.41, 5.74) is 0.549. The van der Waals surface area contributed by atoms with E-state index in [1.54, 1.807) is 38.4 Å². The Morgan fingerprint density at radius 2 is 1.68 bits per heavy atom. The molecule has 5 heteroatoms. The second-order valence-corrected chi connectivity index (χ2v) is 5.21. The molecule has 19 heavy (non-hydrogen) atoms. The fourth-order valence-electron chi connectivity index (χ4n) is 2.54. The fourth-order valence-corrected chi connectivity index (χ4v) is 2.54. The normalized spacial score (nSPS) is 18.8. The Bertz CT molecular complexity index is 500. The lowest BCUT2D eigenvalue weighted by molar-refractivity contribution is -0.812. The Labute approximate surface area is 110 Å². The fraction of sp³-hybridized carbons (Fsp3) is 0.429. The van der Waals surface area contributed by atoms with Gasteiger partial charge in [-0.2, -0.15) is 13.2 Å². The molecule has 1 heterocycles. The smallest absolute Gasteiger partial charge is 0.418 e. The zero-order valence-corrected chi connectivity index (χ0v) is 11.2. The largest absolute Gasteiger partial charge is 0.497 e. The zero-order valence-electron chi connectivity index (χ0n) is 11.2. The van der Waals surface area contributed by atoms with Crippen molar-refractivity contribution in [3.63, 3.8) is 0 Å². The standard InChI is InChI=1S/C14H17F3NO/c1-18(2)9-8-12(14(15,16)17)13(18)10-4-6-11(19-3)7-5-10/h4-7H,8-9H2,1-3H3/q+1. The Kier molecular flexibility index (Phi) is 3.34. The van der Waals surface area contributed by atoms with E-state index in [1.165, 1.54) is 7.11 Å². The number of alkyl halides is 3. The number of ether oxygens (including phenoxy) is 1. The molecule has 0 aliphatic carbocycles. The quantitative estimate of drug-likeness (QED) is 0.749. The molecule has 0 bridgehead atoms. The van der Waals surface area contributed by atoms with Gasteiger partial charge in [0.1, 0.15) is 17.0 Å². The first kappa shape index (κ1) is 13.9. The van der Waals surface area contributed by atoms with Crippen molar-refractivity contribution < 1.29 is 22.4 Å². The van der Waals surface area contributed by atoms with Crippen LogP contribution in [0.4, 0.5) is 13.2 Å². The second-order valence-electron chi connectivity index (χ2n) is 5.21. The molecular formula is C14H17F3NO+. The van der Waals surface area contributed by atoms with E-state index in [0.29, 0.717) is 23.6 Å². The van der Waals surface area contributed by atoms with Crippen molar-refractivity contribution in [1.29, 1.82) is 0 Å². The van der Waals surface area contributed by atoms with Gasteiger partial charge in [-0.3, -0.25) is 4.48 Å². The van der Waals surface area contributed by atoms with Gasteiger partial charge in [-0.25, -0.2) is 0 Å². The Hall–Kier alpha value is -1.49. The maximum atomic E-state index is 13.1. The van der Waals surface area contributed by atoms with Crippen LogP contribution in [0.5, 0.6) is 5.75 Å². The van der Waals surface area contributed by atoms with Gasteiger partial charge in [0.05, 0.1) is 27.7 Å². The Morgan fingerprint density at radius 1 is 1.11 bits per heavy atom. The number of nitrogens with zero attached hydrogens (tertiary/aromatic N) is 1. The SMILES string of the molecule is COc1ccc(C2=C(C(F)(F)F)CC[N+]2(C)C)cc1. The van der Waals surface area contributed by atoms with Gasteiger partial charge < -0.3 is 4.74 Å². The van der Waals surface area contributed by atoms with Crippen LogP contribution in [0, 0.1) is 0 Å². The topological polar surface area (TPSA) is 9.23 Å². The lowest BCUT2D eigenvalue weighted by Gasteiger charge is -2.27. The van der Waals surface area contributed by atoms with Crippen molar-refractivity contribution in [3.8, 4) is 5.75 Å². The molecule has 1 aliphatic rings. The first-order valence-electron chi connectivity index (χ1n) is 6.04. The van der Waals surface area contributed by atoms with Crippen LogP contribution in [0.3, 0.4) is 0 Å². The van der Waals surface area contributed by atoms with E-state index in [9.17, 15) is 13.2 Å². The lowest BCUT2D eigenvalue weighted by Crippen LogP contribution is -2.34. The molecule has 1 aromatic rings. The van der Waals surface area contributed by atoms with Crippen LogP contribution in [-0.2, 0) is 0 Å². The predicted molar refractivity (Wildman–Crippen MR) is 67.6 cm³/mol. The van der Waals surface area contributed by atoms with Crippen LogP contribution in [0.15, 0.2) is 29.8 Å². The van der Waals surface area contributed by atoms with E-state index in [-0.39, 0.29) is 10.9 Å².